The molecule has 2 aromatic rings. The molecule has 2 rings (SSSR count). The average Bonchev–Trinajstić information content (AvgIpc) is 2.97. The van der Waals surface area contributed by atoms with Gasteiger partial charge in [-0.25, -0.2) is 4.98 Å². The van der Waals surface area contributed by atoms with E-state index in [1.54, 1.807) is 19.3 Å². The Balaban J connectivity index is 0.00000200. The van der Waals surface area contributed by atoms with Crippen molar-refractivity contribution in [1.29, 1.82) is 0 Å². The van der Waals surface area contributed by atoms with Gasteiger partial charge in [0.05, 0.1) is 11.8 Å². The predicted molar refractivity (Wildman–Crippen MR) is 83.2 cm³/mol. The molecule has 2 aromatic heterocycles. The van der Waals surface area contributed by atoms with E-state index in [-0.39, 0.29) is 18.3 Å². The normalized spacial score (nSPS) is 13.3. The number of hydrogen-bond donors (Lipinski definition) is 2. The van der Waals surface area contributed by atoms with Crippen LogP contribution < -0.4 is 11.1 Å². The topological polar surface area (TPSA) is 81.2 Å². The van der Waals surface area contributed by atoms with Crippen LogP contribution in [0, 0.1) is 0 Å². The maximum Gasteiger partial charge on any atom is 0.245 e. The van der Waals surface area contributed by atoms with Crippen LogP contribution >= 0.6 is 23.7 Å². The van der Waals surface area contributed by atoms with Crippen LogP contribution in [0.5, 0.6) is 0 Å². The molecule has 3 N–H and O–H groups in total. The molecule has 20 heavy (non-hydrogen) atoms. The molecular weight excluding hydrogens is 298 g/mol. The zero-order chi connectivity index (χ0) is 13.9. The van der Waals surface area contributed by atoms with Crippen molar-refractivity contribution >= 4 is 34.8 Å². The van der Waals surface area contributed by atoms with Crippen LogP contribution in [0.25, 0.3) is 11.5 Å². The third-order valence-electron chi connectivity index (χ3n) is 2.79. The summed E-state index contributed by atoms with van der Waals surface area (Å²) in [4.78, 5) is 16.3. The highest BCUT2D eigenvalue weighted by atomic mass is 35.5. The van der Waals surface area contributed by atoms with Crippen LogP contribution in [0.4, 0.5) is 5.13 Å². The van der Waals surface area contributed by atoms with Gasteiger partial charge < -0.3 is 15.5 Å². The van der Waals surface area contributed by atoms with Gasteiger partial charge in [0.25, 0.3) is 0 Å². The van der Waals surface area contributed by atoms with Crippen molar-refractivity contribution in [3.8, 4) is 11.5 Å². The lowest BCUT2D eigenvalue weighted by atomic mass is 9.97. The van der Waals surface area contributed by atoms with Crippen molar-refractivity contribution in [2.24, 2.45) is 5.73 Å². The average molecular weight is 316 g/mol. The molecule has 1 atom stereocenters. The van der Waals surface area contributed by atoms with Crippen LogP contribution in [0.15, 0.2) is 28.2 Å². The van der Waals surface area contributed by atoms with Gasteiger partial charge in [-0.3, -0.25) is 4.79 Å². The standard InChI is InChI=1S/C13H17N3O2S.ClH/c1-3-6-13(2,14)11(17)16-12-15-9(8-19-12)10-5-4-7-18-10;/h4-5,7-8H,3,6,14H2,1-2H3,(H,15,16,17);1H. The maximum absolute atomic E-state index is 12.0. The molecule has 1 unspecified atom stereocenters. The number of hydrogen-bond acceptors (Lipinski definition) is 5. The number of carbonyl (C=O) groups is 1. The summed E-state index contributed by atoms with van der Waals surface area (Å²) in [6.07, 6.45) is 3.08. The number of thiazole rings is 1. The summed E-state index contributed by atoms with van der Waals surface area (Å²) >= 11 is 1.35. The van der Waals surface area contributed by atoms with Crippen molar-refractivity contribution in [3.05, 3.63) is 23.8 Å². The second-order valence-corrected chi connectivity index (χ2v) is 5.49. The van der Waals surface area contributed by atoms with Gasteiger partial charge in [0.15, 0.2) is 10.9 Å². The first-order valence-corrected chi connectivity index (χ1v) is 7.00. The van der Waals surface area contributed by atoms with Gasteiger partial charge >= 0.3 is 0 Å². The van der Waals surface area contributed by atoms with E-state index in [1.807, 2.05) is 18.4 Å². The highest BCUT2D eigenvalue weighted by molar-refractivity contribution is 7.14. The number of anilines is 1. The van der Waals surface area contributed by atoms with Gasteiger partial charge in [-0.05, 0) is 25.5 Å². The fourth-order valence-electron chi connectivity index (χ4n) is 1.74. The van der Waals surface area contributed by atoms with E-state index in [1.165, 1.54) is 11.3 Å². The number of aromatic nitrogens is 1. The van der Waals surface area contributed by atoms with Crippen LogP contribution in [-0.2, 0) is 4.79 Å². The molecule has 0 fully saturated rings. The molecule has 0 saturated carbocycles. The Bertz CT molecular complexity index is 552. The Morgan fingerprint density at radius 3 is 2.95 bits per heavy atom. The van der Waals surface area contributed by atoms with Gasteiger partial charge in [-0.15, -0.1) is 23.7 Å². The second-order valence-electron chi connectivity index (χ2n) is 4.64. The largest absolute Gasteiger partial charge is 0.463 e. The molecule has 2 heterocycles. The van der Waals surface area contributed by atoms with Gasteiger partial charge in [0.1, 0.15) is 5.69 Å². The first-order chi connectivity index (χ1) is 9.03. The van der Waals surface area contributed by atoms with Crippen LogP contribution in [0.1, 0.15) is 26.7 Å². The smallest absolute Gasteiger partial charge is 0.245 e. The molecule has 0 aromatic carbocycles. The summed E-state index contributed by atoms with van der Waals surface area (Å²) in [6, 6.07) is 3.62. The number of furan rings is 1. The summed E-state index contributed by atoms with van der Waals surface area (Å²) in [5, 5.41) is 5.12. The molecule has 0 saturated heterocycles. The Kier molecular flexibility index (Phi) is 5.74. The van der Waals surface area contributed by atoms with E-state index >= 15 is 0 Å². The summed E-state index contributed by atoms with van der Waals surface area (Å²) in [6.45, 7) is 3.73. The first kappa shape index (κ1) is 16.7. The van der Waals surface area contributed by atoms with Crippen molar-refractivity contribution in [3.63, 3.8) is 0 Å². The number of amides is 1. The Hall–Kier alpha value is -1.37. The molecule has 0 aliphatic rings. The van der Waals surface area contributed by atoms with Crippen molar-refractivity contribution in [2.75, 3.05) is 5.32 Å². The predicted octanol–water partition coefficient (Wildman–Crippen LogP) is 3.28. The van der Waals surface area contributed by atoms with E-state index in [4.69, 9.17) is 10.2 Å². The molecule has 5 nitrogen and oxygen atoms in total. The lowest BCUT2D eigenvalue weighted by molar-refractivity contribution is -0.120. The molecule has 0 radical (unpaired) electrons. The third-order valence-corrected chi connectivity index (χ3v) is 3.54. The molecule has 0 spiro atoms. The lowest BCUT2D eigenvalue weighted by Gasteiger charge is -2.21. The van der Waals surface area contributed by atoms with Crippen LogP contribution in [0.3, 0.4) is 0 Å². The minimum Gasteiger partial charge on any atom is -0.463 e. The number of nitrogens with zero attached hydrogens (tertiary/aromatic N) is 1. The maximum atomic E-state index is 12.0. The minimum atomic E-state index is -0.870. The van der Waals surface area contributed by atoms with Crippen LogP contribution in [-0.4, -0.2) is 16.4 Å². The lowest BCUT2D eigenvalue weighted by Crippen LogP contribution is -2.48. The second kappa shape index (κ2) is 6.88. The first-order valence-electron chi connectivity index (χ1n) is 6.12. The molecule has 1 amide bonds. The van der Waals surface area contributed by atoms with E-state index in [9.17, 15) is 4.79 Å². The van der Waals surface area contributed by atoms with Crippen molar-refractivity contribution < 1.29 is 9.21 Å². The number of nitrogens with two attached hydrogens (primary N) is 1. The van der Waals surface area contributed by atoms with E-state index in [0.29, 0.717) is 23.0 Å². The van der Waals surface area contributed by atoms with Gasteiger partial charge in [0, 0.05) is 5.38 Å². The number of rotatable bonds is 5. The number of carbonyl (C=O) groups excluding carboxylic acids is 1. The van der Waals surface area contributed by atoms with Crippen molar-refractivity contribution in [1.82, 2.24) is 4.98 Å². The molecule has 110 valence electrons. The van der Waals surface area contributed by atoms with Crippen molar-refractivity contribution in [2.45, 2.75) is 32.2 Å². The molecule has 0 aliphatic heterocycles. The Morgan fingerprint density at radius 2 is 2.35 bits per heavy atom. The monoisotopic (exact) mass is 315 g/mol. The molecular formula is C13H18ClN3O2S. The number of halogens is 1. The zero-order valence-corrected chi connectivity index (χ0v) is 13.0. The van der Waals surface area contributed by atoms with Crippen LogP contribution in [0.2, 0.25) is 0 Å². The molecule has 7 heteroatoms. The fourth-order valence-corrected chi connectivity index (χ4v) is 2.44. The van der Waals surface area contributed by atoms with Gasteiger partial charge in [0.2, 0.25) is 5.91 Å². The van der Waals surface area contributed by atoms with E-state index in [2.05, 4.69) is 10.3 Å². The quantitative estimate of drug-likeness (QED) is 0.887. The van der Waals surface area contributed by atoms with Gasteiger partial charge in [-0.2, -0.15) is 0 Å². The SMILES string of the molecule is CCCC(C)(N)C(=O)Nc1nc(-c2ccco2)cs1.Cl. The summed E-state index contributed by atoms with van der Waals surface area (Å²) < 4.78 is 5.25. The minimum absolute atomic E-state index is 0. The molecule has 0 aliphatic carbocycles. The number of nitrogens with one attached hydrogen (secondary N) is 1. The Morgan fingerprint density at radius 1 is 1.60 bits per heavy atom. The van der Waals surface area contributed by atoms with E-state index < -0.39 is 5.54 Å². The molecule has 0 bridgehead atoms. The summed E-state index contributed by atoms with van der Waals surface area (Å²) in [5.74, 6) is 0.468. The van der Waals surface area contributed by atoms with Gasteiger partial charge in [-0.1, -0.05) is 13.3 Å². The fraction of sp³-hybridized carbons (Fsp3) is 0.385. The third kappa shape index (κ3) is 3.82. The zero-order valence-electron chi connectivity index (χ0n) is 11.4. The van der Waals surface area contributed by atoms with E-state index in [0.717, 1.165) is 6.42 Å². The highest BCUT2D eigenvalue weighted by Gasteiger charge is 2.27. The summed E-state index contributed by atoms with van der Waals surface area (Å²) in [5.41, 5.74) is 5.80. The Labute approximate surface area is 128 Å². The summed E-state index contributed by atoms with van der Waals surface area (Å²) in [7, 11) is 0. The highest BCUT2D eigenvalue weighted by Crippen LogP contribution is 2.25.